The standard InChI is InChI=1S/C14H18N4OS/c1-16-14(19)9-3-2-6-18(7-9)10-4-5-11-13(12(10)15)17-8-20-11/h4-5,8-9H,2-3,6-7,15H2,1H3,(H,16,19). The first-order chi connectivity index (χ1) is 9.70. The van der Waals surface area contributed by atoms with Gasteiger partial charge in [-0.1, -0.05) is 0 Å². The average molecular weight is 290 g/mol. The van der Waals surface area contributed by atoms with E-state index in [0.717, 1.165) is 47.5 Å². The Balaban J connectivity index is 1.90. The molecule has 1 fully saturated rings. The van der Waals surface area contributed by atoms with E-state index in [9.17, 15) is 4.79 Å². The van der Waals surface area contributed by atoms with Crippen molar-refractivity contribution < 1.29 is 4.79 Å². The SMILES string of the molecule is CNC(=O)C1CCCN(c2ccc3scnc3c2N)C1. The van der Waals surface area contributed by atoms with Crippen molar-refractivity contribution >= 4 is 38.8 Å². The lowest BCUT2D eigenvalue weighted by atomic mass is 9.96. The third-order valence-corrected chi connectivity index (χ3v) is 4.69. The van der Waals surface area contributed by atoms with E-state index in [4.69, 9.17) is 5.73 Å². The fraction of sp³-hybridized carbons (Fsp3) is 0.429. The number of piperidine rings is 1. The molecule has 1 aliphatic heterocycles. The molecule has 20 heavy (non-hydrogen) atoms. The molecule has 1 unspecified atom stereocenters. The molecule has 6 heteroatoms. The zero-order valence-electron chi connectivity index (χ0n) is 11.4. The molecule has 0 aliphatic carbocycles. The third kappa shape index (κ3) is 2.20. The molecule has 1 aromatic heterocycles. The Morgan fingerprint density at radius 1 is 1.55 bits per heavy atom. The number of fused-ring (bicyclic) bond motifs is 1. The van der Waals surface area contributed by atoms with Crippen molar-refractivity contribution in [3.05, 3.63) is 17.6 Å². The Bertz CT molecular complexity index is 639. The number of hydrogen-bond donors (Lipinski definition) is 2. The highest BCUT2D eigenvalue weighted by Crippen LogP contribution is 2.34. The van der Waals surface area contributed by atoms with Gasteiger partial charge in [-0.05, 0) is 25.0 Å². The van der Waals surface area contributed by atoms with Crippen LogP contribution in [0.2, 0.25) is 0 Å². The van der Waals surface area contributed by atoms with Crippen LogP contribution in [0.1, 0.15) is 12.8 Å². The Labute approximate surface area is 121 Å². The number of aromatic nitrogens is 1. The number of nitrogens with zero attached hydrogens (tertiary/aromatic N) is 2. The maximum atomic E-state index is 11.8. The second-order valence-electron chi connectivity index (χ2n) is 5.10. The highest BCUT2D eigenvalue weighted by molar-refractivity contribution is 7.16. The number of benzene rings is 1. The summed E-state index contributed by atoms with van der Waals surface area (Å²) < 4.78 is 1.10. The summed E-state index contributed by atoms with van der Waals surface area (Å²) in [5.41, 5.74) is 10.7. The van der Waals surface area contributed by atoms with Gasteiger partial charge in [0.15, 0.2) is 0 Å². The van der Waals surface area contributed by atoms with Gasteiger partial charge in [-0.3, -0.25) is 4.79 Å². The van der Waals surface area contributed by atoms with Gasteiger partial charge in [0, 0.05) is 20.1 Å². The quantitative estimate of drug-likeness (QED) is 0.828. The first-order valence-electron chi connectivity index (χ1n) is 6.79. The molecule has 3 rings (SSSR count). The summed E-state index contributed by atoms with van der Waals surface area (Å²) in [6, 6.07) is 4.10. The van der Waals surface area contributed by atoms with Crippen LogP contribution >= 0.6 is 11.3 Å². The molecule has 0 bridgehead atoms. The fourth-order valence-corrected chi connectivity index (χ4v) is 3.52. The molecule has 0 saturated carbocycles. The van der Waals surface area contributed by atoms with E-state index in [1.807, 2.05) is 11.6 Å². The number of amides is 1. The van der Waals surface area contributed by atoms with Gasteiger partial charge in [0.25, 0.3) is 0 Å². The van der Waals surface area contributed by atoms with Crippen LogP contribution < -0.4 is 16.0 Å². The van der Waals surface area contributed by atoms with Gasteiger partial charge in [-0.2, -0.15) is 0 Å². The van der Waals surface area contributed by atoms with E-state index < -0.39 is 0 Å². The van der Waals surface area contributed by atoms with E-state index >= 15 is 0 Å². The van der Waals surface area contributed by atoms with Crippen LogP contribution in [0.4, 0.5) is 11.4 Å². The first-order valence-corrected chi connectivity index (χ1v) is 7.67. The monoisotopic (exact) mass is 290 g/mol. The van der Waals surface area contributed by atoms with E-state index in [1.54, 1.807) is 18.4 Å². The molecule has 0 spiro atoms. The van der Waals surface area contributed by atoms with Crippen LogP contribution in [-0.4, -0.2) is 31.0 Å². The van der Waals surface area contributed by atoms with Crippen molar-refractivity contribution in [1.29, 1.82) is 0 Å². The van der Waals surface area contributed by atoms with Crippen molar-refractivity contribution in [3.8, 4) is 0 Å². The van der Waals surface area contributed by atoms with Crippen molar-refractivity contribution in [2.24, 2.45) is 5.92 Å². The maximum absolute atomic E-state index is 11.8. The van der Waals surface area contributed by atoms with Gasteiger partial charge in [0.1, 0.15) is 5.52 Å². The molecular formula is C14H18N4OS. The molecule has 1 saturated heterocycles. The van der Waals surface area contributed by atoms with Crippen LogP contribution in [0.5, 0.6) is 0 Å². The van der Waals surface area contributed by atoms with Crippen molar-refractivity contribution in [2.75, 3.05) is 30.8 Å². The lowest BCUT2D eigenvalue weighted by molar-refractivity contribution is -0.124. The van der Waals surface area contributed by atoms with Crippen LogP contribution in [-0.2, 0) is 4.79 Å². The van der Waals surface area contributed by atoms with E-state index in [0.29, 0.717) is 0 Å². The van der Waals surface area contributed by atoms with Gasteiger partial charge >= 0.3 is 0 Å². The molecule has 2 heterocycles. The summed E-state index contributed by atoms with van der Waals surface area (Å²) in [7, 11) is 1.69. The predicted octanol–water partition coefficient (Wildman–Crippen LogP) is 1.84. The summed E-state index contributed by atoms with van der Waals surface area (Å²) in [4.78, 5) is 18.4. The largest absolute Gasteiger partial charge is 0.395 e. The second kappa shape index (κ2) is 5.28. The molecule has 3 N–H and O–H groups in total. The molecule has 1 aliphatic rings. The Kier molecular flexibility index (Phi) is 3.48. The summed E-state index contributed by atoms with van der Waals surface area (Å²) in [6.45, 7) is 1.66. The Morgan fingerprint density at radius 3 is 3.20 bits per heavy atom. The lowest BCUT2D eigenvalue weighted by Crippen LogP contribution is -2.42. The van der Waals surface area contributed by atoms with Gasteiger partial charge in [0.2, 0.25) is 5.91 Å². The van der Waals surface area contributed by atoms with E-state index in [2.05, 4.69) is 21.3 Å². The Morgan fingerprint density at radius 2 is 2.40 bits per heavy atom. The van der Waals surface area contributed by atoms with Gasteiger partial charge < -0.3 is 16.0 Å². The fourth-order valence-electron chi connectivity index (χ4n) is 2.83. The summed E-state index contributed by atoms with van der Waals surface area (Å²) in [5.74, 6) is 0.155. The molecule has 2 aromatic rings. The zero-order valence-corrected chi connectivity index (χ0v) is 12.2. The summed E-state index contributed by atoms with van der Waals surface area (Å²) >= 11 is 1.59. The third-order valence-electron chi connectivity index (χ3n) is 3.90. The normalized spacial score (nSPS) is 19.2. The van der Waals surface area contributed by atoms with Crippen molar-refractivity contribution in [1.82, 2.24) is 10.3 Å². The number of anilines is 2. The smallest absolute Gasteiger partial charge is 0.224 e. The minimum atomic E-state index is 0.0410. The number of nitrogens with one attached hydrogen (secondary N) is 1. The minimum absolute atomic E-state index is 0.0410. The van der Waals surface area contributed by atoms with Gasteiger partial charge in [0.05, 0.1) is 27.5 Å². The number of thiazole rings is 1. The number of rotatable bonds is 2. The van der Waals surface area contributed by atoms with Crippen LogP contribution in [0.15, 0.2) is 17.6 Å². The molecule has 1 atom stereocenters. The highest BCUT2D eigenvalue weighted by Gasteiger charge is 2.26. The average Bonchev–Trinajstić information content (AvgIpc) is 2.96. The summed E-state index contributed by atoms with van der Waals surface area (Å²) in [6.07, 6.45) is 1.95. The summed E-state index contributed by atoms with van der Waals surface area (Å²) in [5, 5.41) is 2.74. The zero-order chi connectivity index (χ0) is 14.1. The first kappa shape index (κ1) is 13.2. The number of carbonyl (C=O) groups excluding carboxylic acids is 1. The van der Waals surface area contributed by atoms with Gasteiger partial charge in [-0.25, -0.2) is 4.98 Å². The van der Waals surface area contributed by atoms with Crippen LogP contribution in [0.25, 0.3) is 10.2 Å². The number of nitrogens with two attached hydrogens (primary N) is 1. The minimum Gasteiger partial charge on any atom is -0.395 e. The number of carbonyl (C=O) groups is 1. The molecular weight excluding hydrogens is 272 g/mol. The van der Waals surface area contributed by atoms with Crippen molar-refractivity contribution in [3.63, 3.8) is 0 Å². The molecule has 0 radical (unpaired) electrons. The van der Waals surface area contributed by atoms with E-state index in [1.165, 1.54) is 0 Å². The molecule has 5 nitrogen and oxygen atoms in total. The number of hydrogen-bond acceptors (Lipinski definition) is 5. The maximum Gasteiger partial charge on any atom is 0.224 e. The van der Waals surface area contributed by atoms with Crippen LogP contribution in [0.3, 0.4) is 0 Å². The molecule has 106 valence electrons. The highest BCUT2D eigenvalue weighted by atomic mass is 32.1. The van der Waals surface area contributed by atoms with E-state index in [-0.39, 0.29) is 11.8 Å². The Hall–Kier alpha value is -1.82. The predicted molar refractivity (Wildman–Crippen MR) is 83.0 cm³/mol. The van der Waals surface area contributed by atoms with Crippen molar-refractivity contribution in [2.45, 2.75) is 12.8 Å². The molecule has 1 amide bonds. The topological polar surface area (TPSA) is 71.2 Å². The van der Waals surface area contributed by atoms with Crippen LogP contribution in [0, 0.1) is 5.92 Å². The van der Waals surface area contributed by atoms with Gasteiger partial charge in [-0.15, -0.1) is 11.3 Å². The number of nitrogen functional groups attached to an aromatic ring is 1. The lowest BCUT2D eigenvalue weighted by Gasteiger charge is -2.34. The molecule has 1 aromatic carbocycles. The second-order valence-corrected chi connectivity index (χ2v) is 5.98.